The van der Waals surface area contributed by atoms with Gasteiger partial charge < -0.3 is 10.6 Å². The Balaban J connectivity index is 1.73. The van der Waals surface area contributed by atoms with Crippen LogP contribution in [0.1, 0.15) is 40.0 Å². The smallest absolute Gasteiger partial charge is 0.244 e. The molecule has 1 saturated carbocycles. The molecule has 1 aliphatic carbocycles. The molecule has 2 heterocycles. The number of carbonyl (C=O) groups is 1. The van der Waals surface area contributed by atoms with Gasteiger partial charge in [-0.2, -0.15) is 5.10 Å². The maximum absolute atomic E-state index is 12.5. The van der Waals surface area contributed by atoms with E-state index in [-0.39, 0.29) is 11.3 Å². The van der Waals surface area contributed by atoms with Crippen molar-refractivity contribution in [3.05, 3.63) is 12.3 Å². The zero-order valence-electron chi connectivity index (χ0n) is 12.6. The number of carbonyl (C=O) groups excluding carboxylic acids is 1. The Morgan fingerprint density at radius 2 is 2.20 bits per heavy atom. The van der Waals surface area contributed by atoms with E-state index < -0.39 is 0 Å². The number of likely N-dealkylation sites (tertiary alicyclic amines) is 1. The number of amides is 1. The van der Waals surface area contributed by atoms with Crippen LogP contribution >= 0.6 is 0 Å². The Morgan fingerprint density at radius 3 is 2.85 bits per heavy atom. The Bertz CT molecular complexity index is 536. The standard InChI is InChI=1S/C15H24N4O/c1-14(2)6-11-7-15(3,9-14)10-19(11)13(20)8-18-5-4-12(16)17-18/h4-5,11H,6-10H2,1-3H3,(H2,16,17). The van der Waals surface area contributed by atoms with Crippen LogP contribution in [0.15, 0.2) is 12.3 Å². The Hall–Kier alpha value is -1.52. The Labute approximate surface area is 120 Å². The minimum Gasteiger partial charge on any atom is -0.382 e. The largest absolute Gasteiger partial charge is 0.382 e. The first-order valence-electron chi connectivity index (χ1n) is 7.35. The van der Waals surface area contributed by atoms with Crippen LogP contribution in [-0.4, -0.2) is 33.2 Å². The summed E-state index contributed by atoms with van der Waals surface area (Å²) in [5, 5.41) is 4.10. The van der Waals surface area contributed by atoms with Gasteiger partial charge in [0.2, 0.25) is 5.91 Å². The quantitative estimate of drug-likeness (QED) is 0.897. The van der Waals surface area contributed by atoms with Gasteiger partial charge in [0, 0.05) is 18.8 Å². The summed E-state index contributed by atoms with van der Waals surface area (Å²) in [5.41, 5.74) is 6.21. The van der Waals surface area contributed by atoms with Crippen LogP contribution in [0.4, 0.5) is 5.82 Å². The molecule has 2 atom stereocenters. The number of aromatic nitrogens is 2. The third kappa shape index (κ3) is 2.41. The highest BCUT2D eigenvalue weighted by atomic mass is 16.2. The molecular formula is C15H24N4O. The second-order valence-corrected chi connectivity index (χ2v) is 7.67. The summed E-state index contributed by atoms with van der Waals surface area (Å²) in [6.45, 7) is 8.14. The lowest BCUT2D eigenvalue weighted by atomic mass is 9.65. The predicted octanol–water partition coefficient (Wildman–Crippen LogP) is 1.89. The maximum atomic E-state index is 12.5. The first-order valence-corrected chi connectivity index (χ1v) is 7.35. The molecule has 0 radical (unpaired) electrons. The van der Waals surface area contributed by atoms with Crippen molar-refractivity contribution < 1.29 is 4.79 Å². The van der Waals surface area contributed by atoms with E-state index in [1.54, 1.807) is 16.9 Å². The lowest BCUT2D eigenvalue weighted by Crippen LogP contribution is -2.39. The number of hydrogen-bond donors (Lipinski definition) is 1. The molecule has 20 heavy (non-hydrogen) atoms. The molecule has 110 valence electrons. The fourth-order valence-electron chi connectivity index (χ4n) is 4.45. The minimum atomic E-state index is 0.166. The summed E-state index contributed by atoms with van der Waals surface area (Å²) in [5.74, 6) is 0.630. The fourth-order valence-corrected chi connectivity index (χ4v) is 4.45. The fraction of sp³-hybridized carbons (Fsp3) is 0.733. The van der Waals surface area contributed by atoms with Gasteiger partial charge in [0.15, 0.2) is 0 Å². The summed E-state index contributed by atoms with van der Waals surface area (Å²) >= 11 is 0. The number of nitrogens with two attached hydrogens (primary N) is 1. The van der Waals surface area contributed by atoms with Gasteiger partial charge >= 0.3 is 0 Å². The van der Waals surface area contributed by atoms with Crippen molar-refractivity contribution in [1.82, 2.24) is 14.7 Å². The molecule has 3 rings (SSSR count). The monoisotopic (exact) mass is 276 g/mol. The highest BCUT2D eigenvalue weighted by molar-refractivity contribution is 5.77. The van der Waals surface area contributed by atoms with Crippen molar-refractivity contribution in [2.45, 2.75) is 52.6 Å². The summed E-state index contributed by atoms with van der Waals surface area (Å²) < 4.78 is 1.63. The molecule has 1 aromatic rings. The van der Waals surface area contributed by atoms with E-state index >= 15 is 0 Å². The van der Waals surface area contributed by atoms with E-state index in [1.807, 2.05) is 0 Å². The van der Waals surface area contributed by atoms with Gasteiger partial charge in [-0.3, -0.25) is 9.48 Å². The van der Waals surface area contributed by atoms with Gasteiger partial charge in [0.1, 0.15) is 12.4 Å². The molecule has 1 aliphatic heterocycles. The zero-order chi connectivity index (χ0) is 14.5. The molecule has 5 nitrogen and oxygen atoms in total. The Morgan fingerprint density at radius 1 is 1.45 bits per heavy atom. The molecule has 1 amide bonds. The van der Waals surface area contributed by atoms with Crippen molar-refractivity contribution in [2.24, 2.45) is 10.8 Å². The Kier molecular flexibility index (Phi) is 2.85. The van der Waals surface area contributed by atoms with E-state index in [0.717, 1.165) is 19.4 Å². The normalized spacial score (nSPS) is 31.6. The highest BCUT2D eigenvalue weighted by Gasteiger charge is 2.50. The van der Waals surface area contributed by atoms with Crippen LogP contribution in [0.25, 0.3) is 0 Å². The summed E-state index contributed by atoms with van der Waals surface area (Å²) in [7, 11) is 0. The predicted molar refractivity (Wildman–Crippen MR) is 77.9 cm³/mol. The molecule has 2 N–H and O–H groups in total. The molecule has 5 heteroatoms. The molecular weight excluding hydrogens is 252 g/mol. The van der Waals surface area contributed by atoms with Crippen molar-refractivity contribution in [3.63, 3.8) is 0 Å². The SMILES string of the molecule is CC1(C)CC2CC(C)(CN2C(=O)Cn2ccc(N)n2)C1. The van der Waals surface area contributed by atoms with Gasteiger partial charge in [0.25, 0.3) is 0 Å². The van der Waals surface area contributed by atoms with Gasteiger partial charge in [-0.25, -0.2) is 0 Å². The molecule has 2 aliphatic rings. The zero-order valence-corrected chi connectivity index (χ0v) is 12.6. The van der Waals surface area contributed by atoms with Crippen LogP contribution in [0.3, 0.4) is 0 Å². The van der Waals surface area contributed by atoms with Crippen LogP contribution in [-0.2, 0) is 11.3 Å². The average molecular weight is 276 g/mol. The molecule has 0 spiro atoms. The third-order valence-electron chi connectivity index (χ3n) is 4.69. The molecule has 2 fully saturated rings. The summed E-state index contributed by atoms with van der Waals surface area (Å²) in [6.07, 6.45) is 5.22. The van der Waals surface area contributed by atoms with Crippen molar-refractivity contribution in [1.29, 1.82) is 0 Å². The van der Waals surface area contributed by atoms with Crippen LogP contribution < -0.4 is 5.73 Å². The number of anilines is 1. The maximum Gasteiger partial charge on any atom is 0.244 e. The lowest BCUT2D eigenvalue weighted by Gasteiger charge is -2.39. The average Bonchev–Trinajstić information content (AvgIpc) is 2.78. The van der Waals surface area contributed by atoms with Gasteiger partial charge in [0.05, 0.1) is 0 Å². The third-order valence-corrected chi connectivity index (χ3v) is 4.69. The molecule has 2 unspecified atom stereocenters. The van der Waals surface area contributed by atoms with E-state index in [4.69, 9.17) is 5.73 Å². The van der Waals surface area contributed by atoms with Crippen molar-refractivity contribution >= 4 is 11.7 Å². The first-order chi connectivity index (χ1) is 9.26. The lowest BCUT2D eigenvalue weighted by molar-refractivity contribution is -0.133. The van der Waals surface area contributed by atoms with E-state index in [2.05, 4.69) is 30.8 Å². The van der Waals surface area contributed by atoms with E-state index in [9.17, 15) is 4.79 Å². The highest BCUT2D eigenvalue weighted by Crippen LogP contribution is 2.52. The number of nitrogens with zero attached hydrogens (tertiary/aromatic N) is 3. The van der Waals surface area contributed by atoms with Crippen LogP contribution in [0.5, 0.6) is 0 Å². The van der Waals surface area contributed by atoms with Gasteiger partial charge in [-0.15, -0.1) is 0 Å². The summed E-state index contributed by atoms with van der Waals surface area (Å²) in [4.78, 5) is 14.6. The van der Waals surface area contributed by atoms with Crippen molar-refractivity contribution in [3.8, 4) is 0 Å². The van der Waals surface area contributed by atoms with Crippen molar-refractivity contribution in [2.75, 3.05) is 12.3 Å². The van der Waals surface area contributed by atoms with Gasteiger partial charge in [-0.1, -0.05) is 20.8 Å². The number of hydrogen-bond acceptors (Lipinski definition) is 3. The minimum absolute atomic E-state index is 0.166. The second kappa shape index (κ2) is 4.24. The summed E-state index contributed by atoms with van der Waals surface area (Å²) in [6, 6.07) is 2.12. The first kappa shape index (κ1) is 13.5. The van der Waals surface area contributed by atoms with E-state index in [1.165, 1.54) is 6.42 Å². The topological polar surface area (TPSA) is 64.2 Å². The number of nitrogen functional groups attached to an aromatic ring is 1. The number of fused-ring (bicyclic) bond motifs is 2. The van der Waals surface area contributed by atoms with Gasteiger partial charge in [-0.05, 0) is 36.2 Å². The van der Waals surface area contributed by atoms with E-state index in [0.29, 0.717) is 23.8 Å². The number of rotatable bonds is 2. The molecule has 1 aromatic heterocycles. The van der Waals surface area contributed by atoms with Crippen LogP contribution in [0.2, 0.25) is 0 Å². The van der Waals surface area contributed by atoms with Crippen LogP contribution in [0, 0.1) is 10.8 Å². The molecule has 1 saturated heterocycles. The molecule has 2 bridgehead atoms. The molecule has 0 aromatic carbocycles. The second-order valence-electron chi connectivity index (χ2n) is 7.67.